The van der Waals surface area contributed by atoms with Crippen molar-refractivity contribution in [1.29, 1.82) is 0 Å². The van der Waals surface area contributed by atoms with Crippen molar-refractivity contribution in [1.82, 2.24) is 0 Å². The van der Waals surface area contributed by atoms with Crippen molar-refractivity contribution in [2.75, 3.05) is 13.9 Å². The monoisotopic (exact) mass is 348 g/mol. The summed E-state index contributed by atoms with van der Waals surface area (Å²) in [7, 11) is 1.64. The van der Waals surface area contributed by atoms with E-state index in [1.165, 1.54) is 0 Å². The highest BCUT2D eigenvalue weighted by atomic mass is 16.7. The van der Waals surface area contributed by atoms with Crippen LogP contribution in [0.5, 0.6) is 28.7 Å². The van der Waals surface area contributed by atoms with Crippen molar-refractivity contribution in [2.24, 2.45) is 0 Å². The first-order chi connectivity index (χ1) is 12.8. The summed E-state index contributed by atoms with van der Waals surface area (Å²) >= 11 is 0. The molecule has 2 heterocycles. The molecule has 5 nitrogen and oxygen atoms in total. The number of methoxy groups -OCH3 is 1. The number of benzene rings is 3. The van der Waals surface area contributed by atoms with Crippen LogP contribution >= 0.6 is 0 Å². The molecular weight excluding hydrogens is 332 g/mol. The van der Waals surface area contributed by atoms with Gasteiger partial charge >= 0.3 is 5.79 Å². The predicted octanol–water partition coefficient (Wildman–Crippen LogP) is 4.10. The lowest BCUT2D eigenvalue weighted by Gasteiger charge is -2.29. The molecule has 0 N–H and O–H groups in total. The smallest absolute Gasteiger partial charge is 0.305 e. The maximum atomic E-state index is 6.34. The fourth-order valence-corrected chi connectivity index (χ4v) is 3.26. The summed E-state index contributed by atoms with van der Waals surface area (Å²) in [5.41, 5.74) is 1.68. The van der Waals surface area contributed by atoms with E-state index in [2.05, 4.69) is 0 Å². The maximum Gasteiger partial charge on any atom is 0.305 e. The van der Waals surface area contributed by atoms with Crippen LogP contribution in [-0.2, 0) is 5.79 Å². The Bertz CT molecular complexity index is 939. The van der Waals surface area contributed by atoms with Gasteiger partial charge in [-0.25, -0.2) is 0 Å². The Morgan fingerprint density at radius 1 is 0.731 bits per heavy atom. The third-order valence-electron chi connectivity index (χ3n) is 4.58. The van der Waals surface area contributed by atoms with Gasteiger partial charge in [-0.1, -0.05) is 12.1 Å². The molecule has 0 spiro atoms. The number of para-hydroxylation sites is 2. The fourth-order valence-electron chi connectivity index (χ4n) is 3.26. The summed E-state index contributed by atoms with van der Waals surface area (Å²) < 4.78 is 28.9. The second-order valence-electron chi connectivity index (χ2n) is 6.06. The maximum absolute atomic E-state index is 6.34. The highest BCUT2D eigenvalue weighted by Gasteiger charge is 2.46. The van der Waals surface area contributed by atoms with E-state index in [1.54, 1.807) is 7.11 Å². The molecule has 0 amide bonds. The van der Waals surface area contributed by atoms with E-state index in [0.717, 1.165) is 16.9 Å². The van der Waals surface area contributed by atoms with Gasteiger partial charge in [0.2, 0.25) is 6.79 Å². The Morgan fingerprint density at radius 3 is 2.08 bits per heavy atom. The highest BCUT2D eigenvalue weighted by Crippen LogP contribution is 2.49. The molecule has 0 radical (unpaired) electrons. The lowest BCUT2D eigenvalue weighted by Crippen LogP contribution is -2.36. The molecule has 5 rings (SSSR count). The number of hydrogen-bond acceptors (Lipinski definition) is 5. The van der Waals surface area contributed by atoms with Crippen molar-refractivity contribution >= 4 is 0 Å². The summed E-state index contributed by atoms with van der Waals surface area (Å²) in [6, 6.07) is 21.0. The van der Waals surface area contributed by atoms with Crippen LogP contribution in [0.3, 0.4) is 0 Å². The number of rotatable bonds is 3. The van der Waals surface area contributed by atoms with Gasteiger partial charge in [-0.3, -0.25) is 0 Å². The van der Waals surface area contributed by atoms with E-state index in [4.69, 9.17) is 23.7 Å². The largest absolute Gasteiger partial charge is 0.497 e. The summed E-state index contributed by atoms with van der Waals surface area (Å²) in [4.78, 5) is 0. The molecule has 0 saturated heterocycles. The van der Waals surface area contributed by atoms with Crippen LogP contribution in [-0.4, -0.2) is 13.9 Å². The van der Waals surface area contributed by atoms with Crippen LogP contribution < -0.4 is 23.7 Å². The van der Waals surface area contributed by atoms with Crippen LogP contribution in [0.15, 0.2) is 66.7 Å². The minimum absolute atomic E-state index is 0.219. The van der Waals surface area contributed by atoms with Gasteiger partial charge in [-0.2, -0.15) is 0 Å². The van der Waals surface area contributed by atoms with E-state index in [1.807, 2.05) is 66.7 Å². The molecule has 2 aliphatic heterocycles. The van der Waals surface area contributed by atoms with Gasteiger partial charge in [0.05, 0.1) is 7.11 Å². The van der Waals surface area contributed by atoms with Gasteiger partial charge in [0.1, 0.15) is 5.75 Å². The van der Waals surface area contributed by atoms with Crippen molar-refractivity contribution in [2.45, 2.75) is 5.79 Å². The lowest BCUT2D eigenvalue weighted by atomic mass is 9.96. The van der Waals surface area contributed by atoms with E-state index in [9.17, 15) is 0 Å². The van der Waals surface area contributed by atoms with Crippen LogP contribution in [0, 0.1) is 0 Å². The molecular formula is C21H16O5. The van der Waals surface area contributed by atoms with Gasteiger partial charge < -0.3 is 23.7 Å². The van der Waals surface area contributed by atoms with Crippen molar-refractivity contribution in [3.8, 4) is 28.7 Å². The molecule has 3 aromatic rings. The number of fused-ring (bicyclic) bond motifs is 2. The summed E-state index contributed by atoms with van der Waals surface area (Å²) in [6.45, 7) is 0.219. The average molecular weight is 348 g/mol. The third-order valence-corrected chi connectivity index (χ3v) is 4.58. The molecule has 0 saturated carbocycles. The molecule has 0 unspecified atom stereocenters. The Hall–Kier alpha value is -3.34. The Morgan fingerprint density at radius 2 is 1.38 bits per heavy atom. The minimum Gasteiger partial charge on any atom is -0.497 e. The molecule has 2 aliphatic rings. The third kappa shape index (κ3) is 2.17. The molecule has 0 bridgehead atoms. The molecule has 5 heteroatoms. The standard InChI is InChI=1S/C21H16O5/c1-22-16-9-6-14(7-10-16)21(25-18-4-2-3-5-19(18)26-21)15-8-11-17-20(12-15)24-13-23-17/h2-12H,13H2,1H3. The number of hydrogen-bond donors (Lipinski definition) is 0. The van der Waals surface area contributed by atoms with Gasteiger partial charge in [0.15, 0.2) is 23.0 Å². The first-order valence-electron chi connectivity index (χ1n) is 8.30. The lowest BCUT2D eigenvalue weighted by molar-refractivity contribution is -0.0460. The predicted molar refractivity (Wildman–Crippen MR) is 94.0 cm³/mol. The summed E-state index contributed by atoms with van der Waals surface area (Å²) in [5, 5.41) is 0. The SMILES string of the molecule is COc1ccc(C2(c3ccc4c(c3)OCO4)Oc3ccccc3O2)cc1. The molecule has 130 valence electrons. The van der Waals surface area contributed by atoms with Crippen molar-refractivity contribution < 1.29 is 23.7 Å². The fraction of sp³-hybridized carbons (Fsp3) is 0.143. The molecule has 0 aliphatic carbocycles. The zero-order chi connectivity index (χ0) is 17.6. The van der Waals surface area contributed by atoms with Crippen LogP contribution in [0.2, 0.25) is 0 Å². The quantitative estimate of drug-likeness (QED) is 0.713. The van der Waals surface area contributed by atoms with Gasteiger partial charge in [-0.15, -0.1) is 0 Å². The average Bonchev–Trinajstić information content (AvgIpc) is 3.32. The summed E-state index contributed by atoms with van der Waals surface area (Å²) in [5.74, 6) is 2.46. The van der Waals surface area contributed by atoms with E-state index >= 15 is 0 Å². The number of ether oxygens (including phenoxy) is 5. The highest BCUT2D eigenvalue weighted by molar-refractivity contribution is 5.53. The van der Waals surface area contributed by atoms with E-state index in [0.29, 0.717) is 23.0 Å². The molecule has 0 aromatic heterocycles. The first kappa shape index (κ1) is 15.0. The summed E-state index contributed by atoms with van der Waals surface area (Å²) in [6.07, 6.45) is 0. The van der Waals surface area contributed by atoms with Gasteiger partial charge in [0, 0.05) is 11.1 Å². The second-order valence-corrected chi connectivity index (χ2v) is 6.06. The molecule has 0 atom stereocenters. The normalized spacial score (nSPS) is 15.7. The van der Waals surface area contributed by atoms with Gasteiger partial charge in [-0.05, 0) is 54.6 Å². The first-order valence-corrected chi connectivity index (χ1v) is 8.30. The van der Waals surface area contributed by atoms with Crippen LogP contribution in [0.25, 0.3) is 0 Å². The Labute approximate surface area is 150 Å². The van der Waals surface area contributed by atoms with E-state index in [-0.39, 0.29) is 6.79 Å². The van der Waals surface area contributed by atoms with E-state index < -0.39 is 5.79 Å². The van der Waals surface area contributed by atoms with Crippen LogP contribution in [0.4, 0.5) is 0 Å². The van der Waals surface area contributed by atoms with Crippen LogP contribution in [0.1, 0.15) is 11.1 Å². The Balaban J connectivity index is 1.66. The topological polar surface area (TPSA) is 46.2 Å². The van der Waals surface area contributed by atoms with Crippen molar-refractivity contribution in [3.63, 3.8) is 0 Å². The molecule has 0 fully saturated rings. The molecule has 26 heavy (non-hydrogen) atoms. The Kier molecular flexibility index (Phi) is 3.22. The minimum atomic E-state index is -1.10. The molecule has 3 aromatic carbocycles. The second kappa shape index (κ2) is 5.59. The van der Waals surface area contributed by atoms with Gasteiger partial charge in [0.25, 0.3) is 0 Å². The zero-order valence-corrected chi connectivity index (χ0v) is 14.1. The van der Waals surface area contributed by atoms with Crippen molar-refractivity contribution in [3.05, 3.63) is 77.9 Å². The zero-order valence-electron chi connectivity index (χ0n) is 14.1.